The number of hydrogen-bond donors (Lipinski definition) is 1. The van der Waals surface area contributed by atoms with Crippen LogP contribution in [-0.2, 0) is 4.74 Å². The molecule has 0 radical (unpaired) electrons. The van der Waals surface area contributed by atoms with E-state index < -0.39 is 11.8 Å². The van der Waals surface area contributed by atoms with Crippen LogP contribution in [0.4, 0.5) is 5.69 Å². The Morgan fingerprint density at radius 2 is 1.69 bits per heavy atom. The quantitative estimate of drug-likeness (QED) is 0.335. The summed E-state index contributed by atoms with van der Waals surface area (Å²) in [5.74, 6) is -0.410. The zero-order chi connectivity index (χ0) is 24.1. The monoisotopic (exact) mass is 482 g/mol. The van der Waals surface area contributed by atoms with E-state index in [2.05, 4.69) is 5.10 Å². The first-order valence-electron chi connectivity index (χ1n) is 10.9. The summed E-state index contributed by atoms with van der Waals surface area (Å²) in [5.41, 5.74) is 1.79. The van der Waals surface area contributed by atoms with Crippen molar-refractivity contribution in [3.63, 3.8) is 0 Å². The number of aliphatic imine (C=N–C) groups is 1. The standard InChI is InChI=1S/C26H18N4O4S/c1-15-9-8-14-18-20(31)19(24(32)33-21(15)18)23-28-30-25(34-23)27-22(16-10-4-2-5-11-16)29(26(30)35)17-12-6-3-7-13-17/h2-14,22,31H,1H3. The first-order chi connectivity index (χ1) is 17.0. The van der Waals surface area contributed by atoms with E-state index in [-0.39, 0.29) is 23.2 Å². The van der Waals surface area contributed by atoms with E-state index in [0.717, 1.165) is 16.8 Å². The summed E-state index contributed by atoms with van der Waals surface area (Å²) in [4.78, 5) is 19.5. The number of nitrogens with zero attached hydrogens (tertiary/aromatic N) is 4. The van der Waals surface area contributed by atoms with Gasteiger partial charge in [0.2, 0.25) is 5.11 Å². The average molecular weight is 483 g/mol. The lowest BCUT2D eigenvalue weighted by molar-refractivity contribution is 0.452. The lowest BCUT2D eigenvalue weighted by atomic mass is 10.1. The van der Waals surface area contributed by atoms with Crippen molar-refractivity contribution in [2.24, 2.45) is 10.1 Å². The Morgan fingerprint density at radius 1 is 0.971 bits per heavy atom. The third kappa shape index (κ3) is 3.36. The third-order valence-electron chi connectivity index (χ3n) is 5.87. The molecule has 1 atom stereocenters. The number of rotatable bonds is 3. The highest BCUT2D eigenvalue weighted by Gasteiger charge is 2.41. The minimum atomic E-state index is -0.769. The Morgan fingerprint density at radius 3 is 2.43 bits per heavy atom. The van der Waals surface area contributed by atoms with Gasteiger partial charge in [0.15, 0.2) is 11.7 Å². The zero-order valence-corrected chi connectivity index (χ0v) is 19.3. The molecule has 1 aromatic heterocycles. The van der Waals surface area contributed by atoms with Gasteiger partial charge in [0.1, 0.15) is 11.3 Å². The van der Waals surface area contributed by atoms with Crippen molar-refractivity contribution in [2.75, 3.05) is 4.90 Å². The van der Waals surface area contributed by atoms with E-state index in [1.807, 2.05) is 65.6 Å². The smallest absolute Gasteiger partial charge is 0.353 e. The molecule has 6 rings (SSSR count). The second-order valence-corrected chi connectivity index (χ2v) is 8.43. The Hall–Kier alpha value is -4.50. The number of benzene rings is 3. The van der Waals surface area contributed by atoms with Crippen LogP contribution in [0.25, 0.3) is 11.0 Å². The molecule has 172 valence electrons. The molecular formula is C26H18N4O4S. The number of para-hydroxylation sites is 2. The molecule has 0 saturated carbocycles. The van der Waals surface area contributed by atoms with Crippen molar-refractivity contribution >= 4 is 45.9 Å². The highest BCUT2D eigenvalue weighted by Crippen LogP contribution is 2.36. The SMILES string of the molecule is Cc1cccc2c(O)c(C3=NN4C(=S)N(c5ccccc5)C(c5ccccc5)N=C4O3)c(=O)oc12. The van der Waals surface area contributed by atoms with Gasteiger partial charge in [-0.1, -0.05) is 60.7 Å². The molecule has 0 saturated heterocycles. The van der Waals surface area contributed by atoms with E-state index in [1.165, 1.54) is 5.01 Å². The van der Waals surface area contributed by atoms with E-state index in [9.17, 15) is 9.90 Å². The lowest BCUT2D eigenvalue weighted by Gasteiger charge is -2.36. The van der Waals surface area contributed by atoms with Crippen LogP contribution >= 0.6 is 12.2 Å². The Kier molecular flexibility index (Phi) is 4.85. The summed E-state index contributed by atoms with van der Waals surface area (Å²) in [7, 11) is 0. The maximum absolute atomic E-state index is 12.9. The van der Waals surface area contributed by atoms with Crippen molar-refractivity contribution in [2.45, 2.75) is 13.1 Å². The second-order valence-electron chi connectivity index (χ2n) is 8.07. The van der Waals surface area contributed by atoms with Crippen LogP contribution in [0.5, 0.6) is 5.75 Å². The summed E-state index contributed by atoms with van der Waals surface area (Å²) >= 11 is 5.81. The maximum Gasteiger partial charge on any atom is 0.353 e. The number of anilines is 1. The largest absolute Gasteiger partial charge is 0.506 e. The predicted molar refractivity (Wildman–Crippen MR) is 136 cm³/mol. The third-order valence-corrected chi connectivity index (χ3v) is 6.24. The van der Waals surface area contributed by atoms with Crippen molar-refractivity contribution in [1.82, 2.24) is 5.01 Å². The van der Waals surface area contributed by atoms with Crippen molar-refractivity contribution in [1.29, 1.82) is 0 Å². The van der Waals surface area contributed by atoms with Gasteiger partial charge in [-0.05, 0) is 48.5 Å². The molecule has 0 bridgehead atoms. The first kappa shape index (κ1) is 21.1. The van der Waals surface area contributed by atoms with Gasteiger partial charge >= 0.3 is 11.6 Å². The highest BCUT2D eigenvalue weighted by atomic mass is 32.1. The molecule has 0 aliphatic carbocycles. The highest BCUT2D eigenvalue weighted by molar-refractivity contribution is 7.80. The maximum atomic E-state index is 12.9. The molecule has 35 heavy (non-hydrogen) atoms. The van der Waals surface area contributed by atoms with Gasteiger partial charge in [0.25, 0.3) is 5.90 Å². The van der Waals surface area contributed by atoms with Crippen LogP contribution in [0.15, 0.2) is 98.2 Å². The molecule has 3 heterocycles. The Bertz CT molecular complexity index is 1600. The number of aryl methyl sites for hydroxylation is 1. The first-order valence-corrected chi connectivity index (χ1v) is 11.3. The molecule has 0 fully saturated rings. The van der Waals surface area contributed by atoms with E-state index in [0.29, 0.717) is 16.1 Å². The molecule has 1 unspecified atom stereocenters. The molecule has 0 spiro atoms. The minimum absolute atomic E-state index is 0.106. The molecule has 3 aromatic carbocycles. The molecule has 1 N–H and O–H groups in total. The fourth-order valence-electron chi connectivity index (χ4n) is 4.19. The number of hydrazone groups is 1. The number of ether oxygens (including phenoxy) is 1. The van der Waals surface area contributed by atoms with Crippen molar-refractivity contribution < 1.29 is 14.3 Å². The molecular weight excluding hydrogens is 464 g/mol. The van der Waals surface area contributed by atoms with Crippen LogP contribution in [0.3, 0.4) is 0 Å². The molecule has 2 aliphatic rings. The molecule has 4 aromatic rings. The molecule has 8 nitrogen and oxygen atoms in total. The molecule has 0 amide bonds. The van der Waals surface area contributed by atoms with Crippen LogP contribution in [0.2, 0.25) is 0 Å². The number of thiocarbonyl (C=S) groups is 1. The molecule has 9 heteroatoms. The van der Waals surface area contributed by atoms with E-state index in [4.69, 9.17) is 26.4 Å². The fraction of sp³-hybridized carbons (Fsp3) is 0.0769. The second kappa shape index (κ2) is 8.07. The predicted octanol–water partition coefficient (Wildman–Crippen LogP) is 4.66. The summed E-state index contributed by atoms with van der Waals surface area (Å²) in [6, 6.07) is 24.6. The van der Waals surface area contributed by atoms with E-state index in [1.54, 1.807) is 25.1 Å². The molecule has 2 aliphatic heterocycles. The van der Waals surface area contributed by atoms with Gasteiger partial charge < -0.3 is 14.3 Å². The Balaban J connectivity index is 1.48. The van der Waals surface area contributed by atoms with Crippen LogP contribution in [0.1, 0.15) is 22.9 Å². The van der Waals surface area contributed by atoms with E-state index >= 15 is 0 Å². The van der Waals surface area contributed by atoms with Crippen molar-refractivity contribution in [3.8, 4) is 5.75 Å². The number of amidine groups is 1. The van der Waals surface area contributed by atoms with Crippen LogP contribution in [0, 0.1) is 6.92 Å². The topological polar surface area (TPSA) is 90.9 Å². The summed E-state index contributed by atoms with van der Waals surface area (Å²) in [6.45, 7) is 1.79. The Labute approximate surface area is 205 Å². The van der Waals surface area contributed by atoms with Crippen LogP contribution < -0.4 is 10.5 Å². The number of hydrogen-bond acceptors (Lipinski definition) is 7. The summed E-state index contributed by atoms with van der Waals surface area (Å²) in [5, 5.41) is 17.4. The van der Waals surface area contributed by atoms with Crippen molar-refractivity contribution in [3.05, 3.63) is 106 Å². The zero-order valence-electron chi connectivity index (χ0n) is 18.5. The lowest BCUT2D eigenvalue weighted by Crippen LogP contribution is -2.48. The number of fused-ring (bicyclic) bond motifs is 2. The fourth-order valence-corrected chi connectivity index (χ4v) is 4.51. The number of aromatic hydroxyl groups is 1. The van der Waals surface area contributed by atoms with Crippen LogP contribution in [-0.4, -0.2) is 27.1 Å². The van der Waals surface area contributed by atoms with Gasteiger partial charge in [0.05, 0.1) is 5.39 Å². The van der Waals surface area contributed by atoms with Gasteiger partial charge in [-0.25, -0.2) is 9.79 Å². The van der Waals surface area contributed by atoms with Gasteiger partial charge in [0, 0.05) is 5.69 Å². The average Bonchev–Trinajstić information content (AvgIpc) is 3.30. The normalized spacial score (nSPS) is 17.2. The minimum Gasteiger partial charge on any atom is -0.506 e. The van der Waals surface area contributed by atoms with Gasteiger partial charge in [-0.2, -0.15) is 5.01 Å². The summed E-state index contributed by atoms with van der Waals surface area (Å²) in [6.07, 6.45) is -0.517. The summed E-state index contributed by atoms with van der Waals surface area (Å²) < 4.78 is 11.4. The van der Waals surface area contributed by atoms with Gasteiger partial charge in [-0.15, -0.1) is 5.10 Å². The van der Waals surface area contributed by atoms with Gasteiger partial charge in [-0.3, -0.25) is 4.90 Å².